The van der Waals surface area contributed by atoms with E-state index in [0.717, 1.165) is 21.7 Å². The average molecular weight is 312 g/mol. The van der Waals surface area contributed by atoms with Crippen LogP contribution in [0.2, 0.25) is 0 Å². The first-order valence-electron chi connectivity index (χ1n) is 5.33. The van der Waals surface area contributed by atoms with Crippen LogP contribution in [0, 0.1) is 0 Å². The van der Waals surface area contributed by atoms with Crippen molar-refractivity contribution in [2.45, 2.75) is 19.5 Å². The molecular weight excluding hydrogens is 298 g/mol. The lowest BCUT2D eigenvalue weighted by atomic mass is 10.2. The van der Waals surface area contributed by atoms with Gasteiger partial charge in [-0.1, -0.05) is 15.9 Å². The van der Waals surface area contributed by atoms with Gasteiger partial charge in [-0.2, -0.15) is 0 Å². The van der Waals surface area contributed by atoms with Gasteiger partial charge >= 0.3 is 0 Å². The summed E-state index contributed by atoms with van der Waals surface area (Å²) < 4.78 is 1.01. The molecule has 2 aromatic rings. The third kappa shape index (κ3) is 3.52. The molecule has 1 aromatic carbocycles. The Balaban J connectivity index is 1.98. The highest BCUT2D eigenvalue weighted by Gasteiger charge is 2.07. The van der Waals surface area contributed by atoms with E-state index in [9.17, 15) is 0 Å². The minimum Gasteiger partial charge on any atom is -0.399 e. The number of benzene rings is 1. The van der Waals surface area contributed by atoms with Crippen LogP contribution in [0.25, 0.3) is 0 Å². The lowest BCUT2D eigenvalue weighted by Crippen LogP contribution is -2.17. The first-order chi connectivity index (χ1) is 8.15. The molecule has 1 heterocycles. The number of hydrogen-bond donors (Lipinski definition) is 2. The summed E-state index contributed by atoms with van der Waals surface area (Å²) in [4.78, 5) is 4.29. The normalized spacial score (nSPS) is 12.6. The highest BCUT2D eigenvalue weighted by Crippen LogP contribution is 2.19. The molecule has 1 atom stereocenters. The van der Waals surface area contributed by atoms with E-state index in [1.165, 1.54) is 5.56 Å². The molecule has 0 aliphatic heterocycles. The van der Waals surface area contributed by atoms with Crippen LogP contribution in [-0.2, 0) is 6.54 Å². The van der Waals surface area contributed by atoms with Gasteiger partial charge < -0.3 is 11.1 Å². The van der Waals surface area contributed by atoms with Crippen molar-refractivity contribution in [1.29, 1.82) is 0 Å². The molecule has 0 saturated heterocycles. The quantitative estimate of drug-likeness (QED) is 0.851. The van der Waals surface area contributed by atoms with Gasteiger partial charge in [0.05, 0.1) is 6.04 Å². The average Bonchev–Trinajstić information content (AvgIpc) is 2.78. The molecule has 0 bridgehead atoms. The molecule has 0 radical (unpaired) electrons. The molecule has 0 aliphatic carbocycles. The highest BCUT2D eigenvalue weighted by atomic mass is 79.9. The Kier molecular flexibility index (Phi) is 4.15. The van der Waals surface area contributed by atoms with Gasteiger partial charge in [-0.15, -0.1) is 11.3 Å². The summed E-state index contributed by atoms with van der Waals surface area (Å²) in [5, 5.41) is 6.52. The van der Waals surface area contributed by atoms with Gasteiger partial charge in [0.2, 0.25) is 0 Å². The van der Waals surface area contributed by atoms with E-state index in [0.29, 0.717) is 0 Å². The lowest BCUT2D eigenvalue weighted by Gasteiger charge is -2.11. The summed E-state index contributed by atoms with van der Waals surface area (Å²) in [6.07, 6.45) is 1.83. The number of anilines is 1. The molecule has 1 unspecified atom stereocenters. The van der Waals surface area contributed by atoms with Crippen LogP contribution in [0.4, 0.5) is 5.69 Å². The second-order valence-corrected chi connectivity index (χ2v) is 5.71. The maximum Gasteiger partial charge on any atom is 0.109 e. The Bertz CT molecular complexity index is 464. The highest BCUT2D eigenvalue weighted by molar-refractivity contribution is 9.10. The van der Waals surface area contributed by atoms with Crippen LogP contribution < -0.4 is 11.1 Å². The van der Waals surface area contributed by atoms with Gasteiger partial charge in [-0.3, -0.25) is 0 Å². The van der Waals surface area contributed by atoms with E-state index in [4.69, 9.17) is 5.73 Å². The lowest BCUT2D eigenvalue weighted by molar-refractivity contribution is 0.572. The first-order valence-corrected chi connectivity index (χ1v) is 7.00. The smallest absolute Gasteiger partial charge is 0.109 e. The molecule has 0 spiro atoms. The zero-order valence-corrected chi connectivity index (χ0v) is 11.9. The van der Waals surface area contributed by atoms with Gasteiger partial charge in [0.25, 0.3) is 0 Å². The zero-order valence-electron chi connectivity index (χ0n) is 9.48. The van der Waals surface area contributed by atoms with Crippen molar-refractivity contribution in [3.8, 4) is 0 Å². The topological polar surface area (TPSA) is 50.9 Å². The third-order valence-corrected chi connectivity index (χ3v) is 3.83. The number of thiazole rings is 1. The SMILES string of the molecule is CC(NCc1cc(N)cc(Br)c1)c1nccs1. The van der Waals surface area contributed by atoms with E-state index < -0.39 is 0 Å². The standard InChI is InChI=1S/C12H14BrN3S/c1-8(12-15-2-3-17-12)16-7-9-4-10(13)6-11(14)5-9/h2-6,8,16H,7,14H2,1H3. The predicted octanol–water partition coefficient (Wildman–Crippen LogP) is 3.34. The van der Waals surface area contributed by atoms with Crippen molar-refractivity contribution >= 4 is 33.0 Å². The number of rotatable bonds is 4. The predicted molar refractivity (Wildman–Crippen MR) is 75.9 cm³/mol. The van der Waals surface area contributed by atoms with Gasteiger partial charge in [-0.05, 0) is 30.7 Å². The van der Waals surface area contributed by atoms with Crippen LogP contribution in [0.5, 0.6) is 0 Å². The zero-order chi connectivity index (χ0) is 12.3. The fraction of sp³-hybridized carbons (Fsp3) is 0.250. The first kappa shape index (κ1) is 12.5. The fourth-order valence-electron chi connectivity index (χ4n) is 1.58. The van der Waals surface area contributed by atoms with Crippen molar-refractivity contribution in [3.05, 3.63) is 44.8 Å². The Labute approximate surface area is 113 Å². The van der Waals surface area contributed by atoms with Crippen molar-refractivity contribution in [3.63, 3.8) is 0 Å². The number of nitrogens with one attached hydrogen (secondary N) is 1. The third-order valence-electron chi connectivity index (χ3n) is 2.41. The van der Waals surface area contributed by atoms with E-state index in [1.54, 1.807) is 11.3 Å². The van der Waals surface area contributed by atoms with Crippen molar-refractivity contribution < 1.29 is 0 Å². The Hall–Kier alpha value is -0.910. The van der Waals surface area contributed by atoms with Crippen molar-refractivity contribution in [1.82, 2.24) is 10.3 Å². The molecule has 90 valence electrons. The van der Waals surface area contributed by atoms with E-state index >= 15 is 0 Å². The summed E-state index contributed by atoms with van der Waals surface area (Å²) in [6, 6.07) is 6.20. The number of nitrogens with two attached hydrogens (primary N) is 1. The van der Waals surface area contributed by atoms with Crippen LogP contribution >= 0.6 is 27.3 Å². The number of hydrogen-bond acceptors (Lipinski definition) is 4. The Morgan fingerprint density at radius 2 is 2.29 bits per heavy atom. The van der Waals surface area contributed by atoms with E-state index in [2.05, 4.69) is 39.2 Å². The molecule has 0 fully saturated rings. The number of nitrogens with zero attached hydrogens (tertiary/aromatic N) is 1. The minimum atomic E-state index is 0.259. The van der Waals surface area contributed by atoms with Crippen LogP contribution in [-0.4, -0.2) is 4.98 Å². The van der Waals surface area contributed by atoms with E-state index in [1.807, 2.05) is 23.7 Å². The van der Waals surface area contributed by atoms with Gasteiger partial charge in [0.1, 0.15) is 5.01 Å². The fourth-order valence-corrected chi connectivity index (χ4v) is 2.81. The number of nitrogen functional groups attached to an aromatic ring is 1. The molecule has 0 saturated carbocycles. The van der Waals surface area contributed by atoms with Crippen LogP contribution in [0.1, 0.15) is 23.5 Å². The molecule has 3 N–H and O–H groups in total. The second kappa shape index (κ2) is 5.62. The Morgan fingerprint density at radius 3 is 2.94 bits per heavy atom. The molecular formula is C12H14BrN3S. The summed E-state index contributed by atoms with van der Waals surface area (Å²) in [5.41, 5.74) is 7.74. The van der Waals surface area contributed by atoms with Gasteiger partial charge in [0.15, 0.2) is 0 Å². The van der Waals surface area contributed by atoms with Crippen LogP contribution in [0.15, 0.2) is 34.2 Å². The van der Waals surface area contributed by atoms with E-state index in [-0.39, 0.29) is 6.04 Å². The van der Waals surface area contributed by atoms with Crippen molar-refractivity contribution in [2.75, 3.05) is 5.73 Å². The van der Waals surface area contributed by atoms with Crippen molar-refractivity contribution in [2.24, 2.45) is 0 Å². The second-order valence-electron chi connectivity index (χ2n) is 3.87. The Morgan fingerprint density at radius 1 is 1.47 bits per heavy atom. The number of aromatic nitrogens is 1. The maximum atomic E-state index is 5.79. The summed E-state index contributed by atoms with van der Waals surface area (Å²) >= 11 is 5.11. The van der Waals surface area contributed by atoms with Gasteiger partial charge in [-0.25, -0.2) is 4.98 Å². The molecule has 1 aromatic heterocycles. The molecule has 17 heavy (non-hydrogen) atoms. The molecule has 5 heteroatoms. The summed E-state index contributed by atoms with van der Waals surface area (Å²) in [5.74, 6) is 0. The monoisotopic (exact) mass is 311 g/mol. The summed E-state index contributed by atoms with van der Waals surface area (Å²) in [7, 11) is 0. The maximum absolute atomic E-state index is 5.79. The van der Waals surface area contributed by atoms with Gasteiger partial charge in [0, 0.05) is 28.3 Å². The molecule has 3 nitrogen and oxygen atoms in total. The summed E-state index contributed by atoms with van der Waals surface area (Å²) in [6.45, 7) is 2.89. The molecule has 2 rings (SSSR count). The largest absolute Gasteiger partial charge is 0.399 e. The van der Waals surface area contributed by atoms with Crippen LogP contribution in [0.3, 0.4) is 0 Å². The minimum absolute atomic E-state index is 0.259. The molecule has 0 amide bonds. The number of halogens is 1. The molecule has 0 aliphatic rings.